The molecule has 3 aliphatic rings. The quantitative estimate of drug-likeness (QED) is 0.381. The summed E-state index contributed by atoms with van der Waals surface area (Å²) in [5.74, 6) is -0.914. The van der Waals surface area contributed by atoms with E-state index in [2.05, 4.69) is 20.6 Å². The highest BCUT2D eigenvalue weighted by molar-refractivity contribution is 5.90. The van der Waals surface area contributed by atoms with Crippen molar-refractivity contribution < 1.29 is 33.0 Å². The molecule has 3 aromatic rings. The number of likely N-dealkylation sites (tertiary alicyclic amines) is 1. The molecule has 1 aliphatic carbocycles. The molecule has 0 bridgehead atoms. The molecule has 1 aromatic carbocycles. The number of nitrogens with one attached hydrogen (secondary N) is 1. The van der Waals surface area contributed by atoms with Crippen LogP contribution < -0.4 is 10.2 Å². The molecule has 4 atom stereocenters. The Labute approximate surface area is 266 Å². The standard InChI is InChI=1S/C32H38FN7O6/c1-30(2,3)45-27(41)36-32(24-17-38(18-25(24)32)28(42)46-31(4,5)6)23-9-10-34-14-22(23)21-8-7-19(13-26(21)33)40-16-20(44-29(40)43)15-39-12-11-35-37-39/h7-14,20,24-25H,15-18H2,1-6H3,(H,36,41)/t20-,24-,25+,32?/m0/s1. The van der Waals surface area contributed by atoms with Crippen LogP contribution in [0, 0.1) is 17.7 Å². The summed E-state index contributed by atoms with van der Waals surface area (Å²) in [7, 11) is 0. The van der Waals surface area contributed by atoms with Crippen LogP contribution in [0.5, 0.6) is 0 Å². The number of ether oxygens (including phenoxy) is 3. The van der Waals surface area contributed by atoms with E-state index < -0.39 is 46.9 Å². The van der Waals surface area contributed by atoms with Gasteiger partial charge in [-0.2, -0.15) is 0 Å². The number of alkyl carbamates (subject to hydrolysis) is 1. The number of nitrogens with zero attached hydrogens (tertiary/aromatic N) is 6. The summed E-state index contributed by atoms with van der Waals surface area (Å²) in [6.07, 6.45) is 4.26. The van der Waals surface area contributed by atoms with Gasteiger partial charge in [-0.05, 0) is 71.4 Å². The molecule has 244 valence electrons. The van der Waals surface area contributed by atoms with Gasteiger partial charge in [0, 0.05) is 54.6 Å². The first kappa shape index (κ1) is 31.2. The second kappa shape index (κ2) is 11.2. The van der Waals surface area contributed by atoms with Crippen LogP contribution in [0.2, 0.25) is 0 Å². The Morgan fingerprint density at radius 3 is 2.37 bits per heavy atom. The maximum atomic E-state index is 16.0. The Morgan fingerprint density at radius 2 is 1.74 bits per heavy atom. The molecule has 2 saturated heterocycles. The minimum atomic E-state index is -0.933. The highest BCUT2D eigenvalue weighted by atomic mass is 19.1. The lowest BCUT2D eigenvalue weighted by molar-refractivity contribution is 0.0250. The van der Waals surface area contributed by atoms with E-state index >= 15 is 4.39 Å². The van der Waals surface area contributed by atoms with Crippen LogP contribution in [0.3, 0.4) is 0 Å². The van der Waals surface area contributed by atoms with Crippen molar-refractivity contribution in [3.05, 3.63) is 60.4 Å². The average molecular weight is 636 g/mol. The zero-order valence-corrected chi connectivity index (χ0v) is 26.7. The number of piperidine rings is 1. The number of benzene rings is 1. The molecule has 4 heterocycles. The Kier molecular flexibility index (Phi) is 7.64. The lowest BCUT2D eigenvalue weighted by atomic mass is 9.91. The van der Waals surface area contributed by atoms with E-state index in [0.29, 0.717) is 36.4 Å². The zero-order valence-electron chi connectivity index (χ0n) is 26.7. The molecule has 3 amide bonds. The van der Waals surface area contributed by atoms with Gasteiger partial charge in [0.1, 0.15) is 23.1 Å². The Balaban J connectivity index is 1.28. The van der Waals surface area contributed by atoms with Crippen molar-refractivity contribution in [2.45, 2.75) is 70.9 Å². The first-order valence-electron chi connectivity index (χ1n) is 15.2. The number of aromatic nitrogens is 4. The zero-order chi connectivity index (χ0) is 33.0. The van der Waals surface area contributed by atoms with Crippen molar-refractivity contribution in [1.82, 2.24) is 30.2 Å². The average Bonchev–Trinajstić information content (AvgIpc) is 3.47. The van der Waals surface area contributed by atoms with Gasteiger partial charge in [0.2, 0.25) is 0 Å². The van der Waals surface area contributed by atoms with Gasteiger partial charge < -0.3 is 24.4 Å². The van der Waals surface area contributed by atoms with Crippen LogP contribution in [0.25, 0.3) is 11.1 Å². The Hall–Kier alpha value is -4.75. The third-order valence-corrected chi connectivity index (χ3v) is 8.30. The second-order valence-electron chi connectivity index (χ2n) is 13.9. The molecular formula is C32H38FN7O6. The van der Waals surface area contributed by atoms with Gasteiger partial charge in [-0.15, -0.1) is 5.10 Å². The molecule has 2 aliphatic heterocycles. The van der Waals surface area contributed by atoms with E-state index in [4.69, 9.17) is 14.2 Å². The fraction of sp³-hybridized carbons (Fsp3) is 0.500. The maximum absolute atomic E-state index is 16.0. The van der Waals surface area contributed by atoms with Gasteiger partial charge in [0.05, 0.1) is 30.5 Å². The normalized spacial score (nSPS) is 24.0. The molecular weight excluding hydrogens is 597 g/mol. The van der Waals surface area contributed by atoms with Crippen LogP contribution in [0.1, 0.15) is 47.1 Å². The highest BCUT2D eigenvalue weighted by Crippen LogP contribution is 2.63. The second-order valence-corrected chi connectivity index (χ2v) is 13.9. The van der Waals surface area contributed by atoms with Gasteiger partial charge in [-0.1, -0.05) is 5.21 Å². The number of anilines is 1. The molecule has 3 fully saturated rings. The van der Waals surface area contributed by atoms with Crippen molar-refractivity contribution in [2.24, 2.45) is 11.8 Å². The Bertz CT molecular complexity index is 1640. The molecule has 0 spiro atoms. The lowest BCUT2D eigenvalue weighted by Crippen LogP contribution is -2.47. The number of rotatable bonds is 6. The predicted molar refractivity (Wildman–Crippen MR) is 163 cm³/mol. The summed E-state index contributed by atoms with van der Waals surface area (Å²) >= 11 is 0. The van der Waals surface area contributed by atoms with Crippen molar-refractivity contribution in [3.63, 3.8) is 0 Å². The SMILES string of the molecule is CC(C)(C)OC(=O)NC1(c2ccncc2-c2ccc(N3C[C@H](Cn4ccnn4)OC3=O)cc2F)[C@@H]2CN(C(=O)OC(C)(C)C)C[C@@H]21. The molecule has 6 rings (SSSR count). The molecule has 2 aromatic heterocycles. The Morgan fingerprint density at radius 1 is 1.02 bits per heavy atom. The third kappa shape index (κ3) is 6.07. The monoisotopic (exact) mass is 635 g/mol. The predicted octanol–water partition coefficient (Wildman–Crippen LogP) is 4.72. The fourth-order valence-corrected chi connectivity index (χ4v) is 6.46. The minimum absolute atomic E-state index is 0.169. The van der Waals surface area contributed by atoms with E-state index in [1.54, 1.807) is 67.1 Å². The van der Waals surface area contributed by atoms with E-state index in [9.17, 15) is 14.4 Å². The summed E-state index contributed by atoms with van der Waals surface area (Å²) in [5, 5.41) is 10.8. The molecule has 46 heavy (non-hydrogen) atoms. The molecule has 1 N–H and O–H groups in total. The number of carbonyl (C=O) groups excluding carboxylic acids is 3. The number of pyridine rings is 1. The first-order valence-corrected chi connectivity index (χ1v) is 15.2. The lowest BCUT2D eigenvalue weighted by Gasteiger charge is -2.31. The molecule has 14 heteroatoms. The van der Waals surface area contributed by atoms with Gasteiger partial charge in [0.15, 0.2) is 0 Å². The van der Waals surface area contributed by atoms with Crippen molar-refractivity contribution in [3.8, 4) is 11.1 Å². The van der Waals surface area contributed by atoms with E-state index in [1.807, 2.05) is 20.8 Å². The number of halogens is 1. The van der Waals surface area contributed by atoms with Gasteiger partial charge in [-0.3, -0.25) is 9.88 Å². The first-order chi connectivity index (χ1) is 21.6. The summed E-state index contributed by atoms with van der Waals surface area (Å²) < 4.78 is 34.3. The molecule has 0 radical (unpaired) electrons. The van der Waals surface area contributed by atoms with Crippen LogP contribution in [0.4, 0.5) is 24.5 Å². The van der Waals surface area contributed by atoms with Crippen molar-refractivity contribution in [1.29, 1.82) is 0 Å². The fourth-order valence-electron chi connectivity index (χ4n) is 6.46. The number of amides is 3. The minimum Gasteiger partial charge on any atom is -0.444 e. The number of carbonyl (C=O) groups is 3. The number of cyclic esters (lactones) is 1. The van der Waals surface area contributed by atoms with Crippen molar-refractivity contribution >= 4 is 24.0 Å². The summed E-state index contributed by atoms with van der Waals surface area (Å²) in [5.41, 5.74) is -0.597. The maximum Gasteiger partial charge on any atom is 0.414 e. The van der Waals surface area contributed by atoms with E-state index in [0.717, 1.165) is 0 Å². The van der Waals surface area contributed by atoms with E-state index in [1.165, 1.54) is 17.2 Å². The summed E-state index contributed by atoms with van der Waals surface area (Å²) in [6, 6.07) is 6.30. The van der Waals surface area contributed by atoms with Crippen molar-refractivity contribution in [2.75, 3.05) is 24.5 Å². The van der Waals surface area contributed by atoms with Gasteiger partial charge in [-0.25, -0.2) is 23.5 Å². The summed E-state index contributed by atoms with van der Waals surface area (Å²) in [6.45, 7) is 12.0. The molecule has 1 unspecified atom stereocenters. The largest absolute Gasteiger partial charge is 0.444 e. The number of hydrogen-bond acceptors (Lipinski definition) is 9. The number of hydrogen-bond donors (Lipinski definition) is 1. The van der Waals surface area contributed by atoms with Gasteiger partial charge >= 0.3 is 18.3 Å². The van der Waals surface area contributed by atoms with Crippen LogP contribution in [-0.2, 0) is 26.3 Å². The third-order valence-electron chi connectivity index (χ3n) is 8.30. The topological polar surface area (TPSA) is 141 Å². The van der Waals surface area contributed by atoms with Crippen LogP contribution >= 0.6 is 0 Å². The van der Waals surface area contributed by atoms with Gasteiger partial charge in [0.25, 0.3) is 0 Å². The van der Waals surface area contributed by atoms with Crippen LogP contribution in [0.15, 0.2) is 49.1 Å². The smallest absolute Gasteiger partial charge is 0.414 e. The summed E-state index contributed by atoms with van der Waals surface area (Å²) in [4.78, 5) is 46.0. The van der Waals surface area contributed by atoms with Crippen LogP contribution in [-0.4, -0.2) is 80.1 Å². The highest BCUT2D eigenvalue weighted by Gasteiger charge is 2.71. The molecule has 13 nitrogen and oxygen atoms in total. The van der Waals surface area contributed by atoms with E-state index in [-0.39, 0.29) is 23.9 Å². The number of fused-ring (bicyclic) bond motifs is 1. The molecule has 1 saturated carbocycles.